The molecule has 0 amide bonds. The fourth-order valence-electron chi connectivity index (χ4n) is 6.79. The highest BCUT2D eigenvalue weighted by molar-refractivity contribution is 5.53. The molecule has 0 saturated heterocycles. The highest BCUT2D eigenvalue weighted by atomic mass is 16.6. The smallest absolute Gasteiger partial charge is 0.310 e. The number of aliphatic hydroxyl groups is 2. The fraction of sp³-hybridized carbons (Fsp3) is 0.727. The molecule has 6 heteroatoms. The van der Waals surface area contributed by atoms with Gasteiger partial charge in [0.2, 0.25) is 0 Å². The van der Waals surface area contributed by atoms with Crippen molar-refractivity contribution in [1.29, 1.82) is 0 Å². The summed E-state index contributed by atoms with van der Waals surface area (Å²) in [4.78, 5) is 10.8. The van der Waals surface area contributed by atoms with Crippen LogP contribution in [0.4, 0.5) is 5.69 Å². The summed E-state index contributed by atoms with van der Waals surface area (Å²) < 4.78 is 0. The summed E-state index contributed by atoms with van der Waals surface area (Å²) in [5, 5.41) is 41.9. The first-order valence-electron chi connectivity index (χ1n) is 10.6. The average molecular weight is 389 g/mol. The van der Waals surface area contributed by atoms with Crippen molar-refractivity contribution in [3.63, 3.8) is 0 Å². The van der Waals surface area contributed by atoms with E-state index in [0.717, 1.165) is 68.9 Å². The van der Waals surface area contributed by atoms with Crippen molar-refractivity contribution in [2.75, 3.05) is 6.61 Å². The first-order valence-corrected chi connectivity index (χ1v) is 10.6. The number of benzene rings is 1. The monoisotopic (exact) mass is 389 g/mol. The van der Waals surface area contributed by atoms with Crippen LogP contribution < -0.4 is 0 Å². The van der Waals surface area contributed by atoms with E-state index in [1.807, 2.05) is 0 Å². The Balaban J connectivity index is 1.63. The number of aliphatic hydroxyl groups excluding tert-OH is 1. The Bertz CT molecular complexity index is 780. The lowest BCUT2D eigenvalue weighted by molar-refractivity contribution is -0.386. The minimum absolute atomic E-state index is 0.121. The van der Waals surface area contributed by atoms with Crippen LogP contribution in [0.1, 0.15) is 75.3 Å². The molecule has 0 radical (unpaired) electrons. The number of nitro benzene ring substituents is 1. The number of hydrogen-bond donors (Lipinski definition) is 3. The van der Waals surface area contributed by atoms with Crippen LogP contribution in [-0.2, 0) is 6.42 Å². The van der Waals surface area contributed by atoms with Crippen LogP contribution in [0.5, 0.6) is 5.75 Å². The van der Waals surface area contributed by atoms with Gasteiger partial charge in [-0.2, -0.15) is 0 Å². The number of aryl methyl sites for hydroxylation is 1. The molecule has 154 valence electrons. The first-order chi connectivity index (χ1) is 13.3. The maximum absolute atomic E-state index is 11.5. The van der Waals surface area contributed by atoms with Crippen molar-refractivity contribution in [2.24, 2.45) is 17.3 Å². The normalized spacial score (nSPS) is 36.5. The number of hydrogen-bond acceptors (Lipinski definition) is 5. The van der Waals surface area contributed by atoms with Crippen molar-refractivity contribution in [3.05, 3.63) is 33.4 Å². The van der Waals surface area contributed by atoms with Gasteiger partial charge in [0.05, 0.1) is 10.5 Å². The van der Waals surface area contributed by atoms with Crippen molar-refractivity contribution < 1.29 is 20.2 Å². The third-order valence-corrected chi connectivity index (χ3v) is 8.34. The average Bonchev–Trinajstić information content (AvgIpc) is 2.92. The number of nitro groups is 1. The fourth-order valence-corrected chi connectivity index (χ4v) is 6.79. The lowest BCUT2D eigenvalue weighted by atomic mass is 9.53. The number of unbranched alkanes of at least 4 members (excludes halogenated alkanes) is 1. The van der Waals surface area contributed by atoms with Crippen molar-refractivity contribution in [2.45, 2.75) is 76.2 Å². The van der Waals surface area contributed by atoms with Gasteiger partial charge < -0.3 is 15.3 Å². The van der Waals surface area contributed by atoms with Crippen LogP contribution in [0, 0.1) is 27.4 Å². The Morgan fingerprint density at radius 3 is 2.71 bits per heavy atom. The second-order valence-corrected chi connectivity index (χ2v) is 9.42. The molecule has 4 rings (SSSR count). The zero-order valence-electron chi connectivity index (χ0n) is 16.6. The van der Waals surface area contributed by atoms with E-state index >= 15 is 0 Å². The second kappa shape index (κ2) is 6.99. The summed E-state index contributed by atoms with van der Waals surface area (Å²) in [5.74, 6) is 0.900. The number of phenols is 1. The Kier molecular flexibility index (Phi) is 4.91. The van der Waals surface area contributed by atoms with Gasteiger partial charge in [-0.3, -0.25) is 10.1 Å². The summed E-state index contributed by atoms with van der Waals surface area (Å²) in [7, 11) is 0. The second-order valence-electron chi connectivity index (χ2n) is 9.42. The molecule has 1 aromatic rings. The topological polar surface area (TPSA) is 104 Å². The van der Waals surface area contributed by atoms with Crippen molar-refractivity contribution in [3.8, 4) is 5.75 Å². The molecular formula is C22H31NO5. The SMILES string of the molecule is C[C@]12CCC3c4cc([N+](=O)[O-])c(O)cc4CCC3C1CC[C@@]2(O)CCCCO. The highest BCUT2D eigenvalue weighted by Crippen LogP contribution is 2.65. The molecule has 0 aromatic heterocycles. The van der Waals surface area contributed by atoms with Crippen LogP contribution in [0.2, 0.25) is 0 Å². The van der Waals surface area contributed by atoms with Gasteiger partial charge in [0, 0.05) is 12.7 Å². The Hall–Kier alpha value is -1.66. The molecule has 5 atom stereocenters. The summed E-state index contributed by atoms with van der Waals surface area (Å²) in [6.07, 6.45) is 7.83. The largest absolute Gasteiger partial charge is 0.502 e. The summed E-state index contributed by atoms with van der Waals surface area (Å²) >= 11 is 0. The number of rotatable bonds is 5. The van der Waals surface area contributed by atoms with E-state index in [1.165, 1.54) is 0 Å². The third-order valence-electron chi connectivity index (χ3n) is 8.34. The summed E-state index contributed by atoms with van der Waals surface area (Å²) in [5.41, 5.74) is 1.10. The molecule has 0 spiro atoms. The van der Waals surface area contributed by atoms with Crippen molar-refractivity contribution in [1.82, 2.24) is 0 Å². The molecule has 0 aliphatic heterocycles. The minimum Gasteiger partial charge on any atom is -0.502 e. The zero-order valence-corrected chi connectivity index (χ0v) is 16.6. The van der Waals surface area contributed by atoms with Gasteiger partial charge in [-0.1, -0.05) is 6.92 Å². The van der Waals surface area contributed by atoms with E-state index in [4.69, 9.17) is 5.11 Å². The minimum atomic E-state index is -0.668. The maximum Gasteiger partial charge on any atom is 0.310 e. The Morgan fingerprint density at radius 1 is 1.21 bits per heavy atom. The van der Waals surface area contributed by atoms with Crippen LogP contribution in [0.25, 0.3) is 0 Å². The van der Waals surface area contributed by atoms with E-state index in [1.54, 1.807) is 12.1 Å². The van der Waals surface area contributed by atoms with Gasteiger partial charge in [0.15, 0.2) is 5.75 Å². The number of fused-ring (bicyclic) bond motifs is 5. The van der Waals surface area contributed by atoms with E-state index in [9.17, 15) is 20.3 Å². The van der Waals surface area contributed by atoms with Crippen LogP contribution >= 0.6 is 0 Å². The van der Waals surface area contributed by atoms with E-state index in [0.29, 0.717) is 11.8 Å². The molecule has 6 nitrogen and oxygen atoms in total. The number of nitrogens with zero attached hydrogens (tertiary/aromatic N) is 1. The van der Waals surface area contributed by atoms with Gasteiger partial charge in [0.1, 0.15) is 0 Å². The van der Waals surface area contributed by atoms with Gasteiger partial charge in [-0.15, -0.1) is 0 Å². The number of aromatic hydroxyl groups is 1. The number of phenolic OH excluding ortho intramolecular Hbond substituents is 1. The molecule has 2 saturated carbocycles. The lowest BCUT2D eigenvalue weighted by Crippen LogP contribution is -2.50. The molecule has 1 aromatic carbocycles. The van der Waals surface area contributed by atoms with Crippen LogP contribution in [0.15, 0.2) is 12.1 Å². The van der Waals surface area contributed by atoms with E-state index in [-0.39, 0.29) is 29.4 Å². The Labute approximate surface area is 165 Å². The third kappa shape index (κ3) is 2.84. The Morgan fingerprint density at radius 2 is 2.00 bits per heavy atom. The molecule has 2 fully saturated rings. The summed E-state index contributed by atoms with van der Waals surface area (Å²) in [6.45, 7) is 2.41. The molecule has 3 aliphatic rings. The molecule has 3 unspecified atom stereocenters. The molecule has 3 aliphatic carbocycles. The molecule has 0 bridgehead atoms. The predicted octanol–water partition coefficient (Wildman–Crippen LogP) is 4.05. The molecule has 0 heterocycles. The lowest BCUT2D eigenvalue weighted by Gasteiger charge is -2.53. The zero-order chi connectivity index (χ0) is 20.1. The van der Waals surface area contributed by atoms with Gasteiger partial charge in [0.25, 0.3) is 0 Å². The van der Waals surface area contributed by atoms with E-state index in [2.05, 4.69) is 6.92 Å². The summed E-state index contributed by atoms with van der Waals surface area (Å²) in [6, 6.07) is 3.20. The van der Waals surface area contributed by atoms with Gasteiger partial charge >= 0.3 is 5.69 Å². The van der Waals surface area contributed by atoms with Crippen molar-refractivity contribution >= 4 is 5.69 Å². The molecular weight excluding hydrogens is 358 g/mol. The first kappa shape index (κ1) is 19.6. The predicted molar refractivity (Wildman–Crippen MR) is 105 cm³/mol. The quantitative estimate of drug-likeness (QED) is 0.400. The van der Waals surface area contributed by atoms with E-state index < -0.39 is 10.5 Å². The standard InChI is InChI=1S/C22H31NO5/c1-21-9-6-15-16(18(21)7-10-22(21,26)8-2-3-11-24)5-4-14-12-20(25)19(23(27)28)13-17(14)15/h12-13,15-16,18,24-26H,2-11H2,1H3/t15?,16?,18?,21-,22-/m0/s1. The van der Waals surface area contributed by atoms with Crippen LogP contribution in [-0.4, -0.2) is 32.5 Å². The maximum atomic E-state index is 11.5. The van der Waals surface area contributed by atoms with Crippen LogP contribution in [0.3, 0.4) is 0 Å². The molecule has 3 N–H and O–H groups in total. The van der Waals surface area contributed by atoms with Gasteiger partial charge in [-0.25, -0.2) is 0 Å². The van der Waals surface area contributed by atoms with Gasteiger partial charge in [-0.05, 0) is 98.1 Å². The molecule has 28 heavy (non-hydrogen) atoms. The highest BCUT2D eigenvalue weighted by Gasteiger charge is 2.61.